The van der Waals surface area contributed by atoms with Crippen LogP contribution in [0, 0.1) is 5.92 Å². The van der Waals surface area contributed by atoms with Gasteiger partial charge in [0.25, 0.3) is 0 Å². The number of nitrogens with two attached hydrogens (primary N) is 1. The van der Waals surface area contributed by atoms with Crippen molar-refractivity contribution in [1.29, 1.82) is 0 Å². The van der Waals surface area contributed by atoms with Gasteiger partial charge in [-0.2, -0.15) is 0 Å². The van der Waals surface area contributed by atoms with Crippen LogP contribution < -0.4 is 5.73 Å². The maximum Gasteiger partial charge on any atom is 0.223 e. The number of likely N-dealkylation sites (tertiary alicyclic amines) is 1. The Kier molecular flexibility index (Phi) is 3.84. The molecule has 1 aliphatic rings. The van der Waals surface area contributed by atoms with Gasteiger partial charge < -0.3 is 10.6 Å². The van der Waals surface area contributed by atoms with Gasteiger partial charge in [-0.25, -0.2) is 0 Å². The fraction of sp³-hybridized carbons (Fsp3) is 0.462. The number of hydrogen-bond donors (Lipinski definition) is 1. The molecule has 17 heavy (non-hydrogen) atoms. The molecular formula is C13H17BrN2O. The predicted molar refractivity (Wildman–Crippen MR) is 71.4 cm³/mol. The van der Waals surface area contributed by atoms with Crippen molar-refractivity contribution in [2.75, 3.05) is 13.1 Å². The van der Waals surface area contributed by atoms with Crippen LogP contribution in [-0.2, 0) is 4.79 Å². The van der Waals surface area contributed by atoms with E-state index in [1.165, 1.54) is 0 Å². The summed E-state index contributed by atoms with van der Waals surface area (Å²) < 4.78 is 1.05. The molecule has 1 heterocycles. The second kappa shape index (κ2) is 5.19. The van der Waals surface area contributed by atoms with E-state index in [1.54, 1.807) is 0 Å². The van der Waals surface area contributed by atoms with E-state index in [1.807, 2.05) is 17.0 Å². The van der Waals surface area contributed by atoms with Crippen LogP contribution in [0.4, 0.5) is 0 Å². The van der Waals surface area contributed by atoms with Crippen molar-refractivity contribution >= 4 is 21.8 Å². The van der Waals surface area contributed by atoms with Crippen molar-refractivity contribution in [2.24, 2.45) is 11.7 Å². The summed E-state index contributed by atoms with van der Waals surface area (Å²) >= 11 is 3.46. The summed E-state index contributed by atoms with van der Waals surface area (Å²) in [7, 11) is 0. The maximum atomic E-state index is 11.9. The van der Waals surface area contributed by atoms with Crippen LogP contribution in [0.15, 0.2) is 28.7 Å². The largest absolute Gasteiger partial charge is 0.336 e. The Morgan fingerprint density at radius 2 is 2.35 bits per heavy atom. The Hall–Kier alpha value is -0.870. The third kappa shape index (κ3) is 2.69. The lowest BCUT2D eigenvalue weighted by Crippen LogP contribution is -2.29. The van der Waals surface area contributed by atoms with Crippen LogP contribution in [0.2, 0.25) is 0 Å². The number of nitrogens with zero attached hydrogens (tertiary/aromatic N) is 1. The van der Waals surface area contributed by atoms with Crippen molar-refractivity contribution in [1.82, 2.24) is 4.90 Å². The third-order valence-corrected chi connectivity index (χ3v) is 3.86. The Bertz CT molecular complexity index is 422. The minimum atomic E-state index is 0.122. The van der Waals surface area contributed by atoms with Crippen LogP contribution >= 0.6 is 15.9 Å². The van der Waals surface area contributed by atoms with E-state index in [-0.39, 0.29) is 11.9 Å². The third-order valence-electron chi connectivity index (χ3n) is 3.37. The van der Waals surface area contributed by atoms with Gasteiger partial charge in [0.15, 0.2) is 0 Å². The zero-order valence-electron chi connectivity index (χ0n) is 9.90. The van der Waals surface area contributed by atoms with E-state index >= 15 is 0 Å². The van der Waals surface area contributed by atoms with Crippen LogP contribution in [0.1, 0.15) is 24.9 Å². The zero-order valence-corrected chi connectivity index (χ0v) is 11.5. The van der Waals surface area contributed by atoms with E-state index in [4.69, 9.17) is 5.73 Å². The van der Waals surface area contributed by atoms with Crippen molar-refractivity contribution < 1.29 is 4.79 Å². The molecule has 0 radical (unpaired) electrons. The standard InChI is InChI=1S/C13H17BrN2O/c1-9(11-3-2-4-12(14)6-11)16-8-10(7-15)5-13(16)17/h2-4,6,9-10H,5,7-8,15H2,1H3. The first-order valence-electron chi connectivity index (χ1n) is 5.87. The highest BCUT2D eigenvalue weighted by atomic mass is 79.9. The zero-order chi connectivity index (χ0) is 12.4. The Labute approximate surface area is 110 Å². The van der Waals surface area contributed by atoms with E-state index in [9.17, 15) is 4.79 Å². The summed E-state index contributed by atoms with van der Waals surface area (Å²) in [4.78, 5) is 13.8. The number of hydrogen-bond acceptors (Lipinski definition) is 2. The number of carbonyl (C=O) groups excluding carboxylic acids is 1. The molecule has 92 valence electrons. The molecule has 2 atom stereocenters. The molecule has 1 aliphatic heterocycles. The van der Waals surface area contributed by atoms with Gasteiger partial charge in [0, 0.05) is 17.4 Å². The molecule has 0 saturated carbocycles. The smallest absolute Gasteiger partial charge is 0.223 e. The SMILES string of the molecule is CC(c1cccc(Br)c1)N1CC(CN)CC1=O. The summed E-state index contributed by atoms with van der Waals surface area (Å²) in [5, 5.41) is 0. The van der Waals surface area contributed by atoms with Crippen LogP contribution in [0.5, 0.6) is 0 Å². The first kappa shape index (κ1) is 12.6. The topological polar surface area (TPSA) is 46.3 Å². The first-order valence-corrected chi connectivity index (χ1v) is 6.66. The minimum absolute atomic E-state index is 0.122. The normalized spacial score (nSPS) is 21.9. The number of amides is 1. The van der Waals surface area contributed by atoms with Gasteiger partial charge in [0.1, 0.15) is 0 Å². The summed E-state index contributed by atoms with van der Waals surface area (Å²) in [6, 6.07) is 8.23. The lowest BCUT2D eigenvalue weighted by atomic mass is 10.1. The number of rotatable bonds is 3. The monoisotopic (exact) mass is 296 g/mol. The van der Waals surface area contributed by atoms with Gasteiger partial charge >= 0.3 is 0 Å². The van der Waals surface area contributed by atoms with Crippen LogP contribution in [0.25, 0.3) is 0 Å². The van der Waals surface area contributed by atoms with Gasteiger partial charge in [-0.1, -0.05) is 28.1 Å². The second-order valence-electron chi connectivity index (χ2n) is 4.58. The van der Waals surface area contributed by atoms with E-state index in [0.717, 1.165) is 16.6 Å². The molecule has 2 unspecified atom stereocenters. The molecule has 2 rings (SSSR count). The summed E-state index contributed by atoms with van der Waals surface area (Å²) in [5.41, 5.74) is 6.79. The molecule has 4 heteroatoms. The Morgan fingerprint density at radius 3 is 2.94 bits per heavy atom. The highest BCUT2D eigenvalue weighted by Gasteiger charge is 2.32. The van der Waals surface area contributed by atoms with Crippen molar-refractivity contribution in [3.8, 4) is 0 Å². The predicted octanol–water partition coefficient (Wildman–Crippen LogP) is 2.32. The molecule has 1 saturated heterocycles. The van der Waals surface area contributed by atoms with E-state index in [2.05, 4.69) is 35.0 Å². The van der Waals surface area contributed by atoms with E-state index < -0.39 is 0 Å². The summed E-state index contributed by atoms with van der Waals surface area (Å²) in [6.45, 7) is 3.44. The molecule has 0 spiro atoms. The fourth-order valence-corrected chi connectivity index (χ4v) is 2.70. The van der Waals surface area contributed by atoms with Crippen molar-refractivity contribution in [3.63, 3.8) is 0 Å². The van der Waals surface area contributed by atoms with Gasteiger partial charge in [0.05, 0.1) is 6.04 Å². The molecule has 1 aromatic carbocycles. The van der Waals surface area contributed by atoms with E-state index in [0.29, 0.717) is 18.9 Å². The van der Waals surface area contributed by atoms with Gasteiger partial charge in [-0.3, -0.25) is 4.79 Å². The molecule has 1 aromatic rings. The molecule has 0 bridgehead atoms. The summed E-state index contributed by atoms with van der Waals surface area (Å²) in [6.07, 6.45) is 0.592. The molecule has 1 amide bonds. The first-order chi connectivity index (χ1) is 8.11. The van der Waals surface area contributed by atoms with Crippen molar-refractivity contribution in [3.05, 3.63) is 34.3 Å². The lowest BCUT2D eigenvalue weighted by molar-refractivity contribution is -0.129. The highest BCUT2D eigenvalue weighted by Crippen LogP contribution is 2.29. The molecule has 2 N–H and O–H groups in total. The average Bonchev–Trinajstić information content (AvgIpc) is 2.69. The van der Waals surface area contributed by atoms with Crippen LogP contribution in [-0.4, -0.2) is 23.9 Å². The van der Waals surface area contributed by atoms with Gasteiger partial charge in [0.2, 0.25) is 5.91 Å². The lowest BCUT2D eigenvalue weighted by Gasteiger charge is -2.25. The Balaban J connectivity index is 2.15. The van der Waals surface area contributed by atoms with Crippen LogP contribution in [0.3, 0.4) is 0 Å². The molecular weight excluding hydrogens is 280 g/mol. The Morgan fingerprint density at radius 1 is 1.59 bits per heavy atom. The number of carbonyl (C=O) groups is 1. The number of halogens is 1. The quantitative estimate of drug-likeness (QED) is 0.930. The molecule has 0 aliphatic carbocycles. The molecule has 0 aromatic heterocycles. The maximum absolute atomic E-state index is 11.9. The summed E-state index contributed by atoms with van der Waals surface area (Å²) in [5.74, 6) is 0.532. The van der Waals surface area contributed by atoms with Crippen molar-refractivity contribution in [2.45, 2.75) is 19.4 Å². The number of benzene rings is 1. The van der Waals surface area contributed by atoms with Gasteiger partial charge in [-0.15, -0.1) is 0 Å². The molecule has 1 fully saturated rings. The minimum Gasteiger partial charge on any atom is -0.336 e. The second-order valence-corrected chi connectivity index (χ2v) is 5.50. The van der Waals surface area contributed by atoms with Gasteiger partial charge in [-0.05, 0) is 37.1 Å². The fourth-order valence-electron chi connectivity index (χ4n) is 2.29. The molecule has 3 nitrogen and oxygen atoms in total. The average molecular weight is 297 g/mol. The highest BCUT2D eigenvalue weighted by molar-refractivity contribution is 9.10.